The fourth-order valence-electron chi connectivity index (χ4n) is 1.73. The molecule has 0 fully saturated rings. The number of rotatable bonds is 2. The zero-order valence-electron chi connectivity index (χ0n) is 18.2. The highest BCUT2D eigenvalue weighted by Crippen LogP contribution is 2.23. The Labute approximate surface area is 216 Å². The first-order chi connectivity index (χ1) is 13.9. The standard InChI is InChI=1S/C11H13BrClNO.C7H3BrCl2O.C4H11N/c1-11(2,3)14-10(15)8-5-4-7(13)6-9(8)12;8-6-3-4(9)1-2-5(6)7(10)11;1-4(2,3)5/h4-6H,1-3H3,(H,14,15);1-3H;5H2,1-3H3. The van der Waals surface area contributed by atoms with E-state index >= 15 is 0 Å². The number of carbonyl (C=O) groups excluding carboxylic acids is 2. The van der Waals surface area contributed by atoms with Gasteiger partial charge in [-0.3, -0.25) is 9.59 Å². The summed E-state index contributed by atoms with van der Waals surface area (Å²) in [5, 5.41) is 3.57. The second kappa shape index (κ2) is 13.2. The fourth-order valence-corrected chi connectivity index (χ4v) is 3.73. The Bertz CT molecular complexity index is 903. The Morgan fingerprint density at radius 1 is 0.839 bits per heavy atom. The van der Waals surface area contributed by atoms with E-state index in [0.717, 1.165) is 0 Å². The lowest BCUT2D eigenvalue weighted by molar-refractivity contribution is 0.0918. The van der Waals surface area contributed by atoms with E-state index in [9.17, 15) is 9.59 Å². The smallest absolute Gasteiger partial charge is 0.253 e. The molecule has 0 aliphatic rings. The van der Waals surface area contributed by atoms with Gasteiger partial charge in [-0.25, -0.2) is 0 Å². The van der Waals surface area contributed by atoms with Crippen molar-refractivity contribution >= 4 is 77.8 Å². The van der Waals surface area contributed by atoms with E-state index in [4.69, 9.17) is 40.5 Å². The molecular formula is C22H27Br2Cl3N2O2. The van der Waals surface area contributed by atoms with Gasteiger partial charge in [0.25, 0.3) is 11.1 Å². The molecule has 0 aromatic heterocycles. The summed E-state index contributed by atoms with van der Waals surface area (Å²) < 4.78 is 1.32. The Balaban J connectivity index is 0.000000492. The first kappa shape index (κ1) is 30.4. The summed E-state index contributed by atoms with van der Waals surface area (Å²) in [5.74, 6) is -0.106. The summed E-state index contributed by atoms with van der Waals surface area (Å²) in [4.78, 5) is 22.5. The van der Waals surface area contributed by atoms with E-state index in [-0.39, 0.29) is 17.0 Å². The SMILES string of the molecule is CC(C)(C)N.CC(C)(C)NC(=O)c1ccc(Cl)cc1Br.O=C(Cl)c1ccc(Cl)cc1Br. The molecule has 0 aliphatic carbocycles. The van der Waals surface area contributed by atoms with Crippen LogP contribution in [0.2, 0.25) is 10.0 Å². The molecule has 9 heteroatoms. The van der Waals surface area contributed by atoms with Crippen LogP contribution in [0.4, 0.5) is 0 Å². The molecule has 0 saturated heterocycles. The molecule has 0 spiro atoms. The summed E-state index contributed by atoms with van der Waals surface area (Å²) in [6.07, 6.45) is 0. The predicted octanol–water partition coefficient (Wildman–Crippen LogP) is 7.86. The quantitative estimate of drug-likeness (QED) is 0.337. The maximum absolute atomic E-state index is 11.8. The lowest BCUT2D eigenvalue weighted by Gasteiger charge is -2.20. The number of amides is 1. The Hall–Kier alpha value is -0.630. The summed E-state index contributed by atoms with van der Waals surface area (Å²) in [7, 11) is 0. The van der Waals surface area contributed by atoms with Gasteiger partial charge in [-0.15, -0.1) is 0 Å². The molecule has 0 saturated carbocycles. The summed E-state index contributed by atoms with van der Waals surface area (Å²) in [6.45, 7) is 11.7. The van der Waals surface area contributed by atoms with Crippen molar-refractivity contribution in [2.24, 2.45) is 5.73 Å². The minimum absolute atomic E-state index is 0. The van der Waals surface area contributed by atoms with Crippen LogP contribution in [-0.4, -0.2) is 22.2 Å². The number of nitrogens with one attached hydrogen (secondary N) is 1. The van der Waals surface area contributed by atoms with Crippen LogP contribution in [0.3, 0.4) is 0 Å². The number of benzene rings is 2. The predicted molar refractivity (Wildman–Crippen MR) is 140 cm³/mol. The van der Waals surface area contributed by atoms with Crippen molar-refractivity contribution in [2.45, 2.75) is 52.6 Å². The van der Waals surface area contributed by atoms with Gasteiger partial charge in [-0.1, -0.05) is 23.2 Å². The maximum atomic E-state index is 11.8. The van der Waals surface area contributed by atoms with Crippen LogP contribution < -0.4 is 11.1 Å². The van der Waals surface area contributed by atoms with Crippen molar-refractivity contribution in [2.75, 3.05) is 0 Å². The van der Waals surface area contributed by atoms with Crippen molar-refractivity contribution in [3.8, 4) is 0 Å². The van der Waals surface area contributed by atoms with Crippen molar-refractivity contribution in [1.29, 1.82) is 0 Å². The van der Waals surface area contributed by atoms with Gasteiger partial charge in [0.1, 0.15) is 0 Å². The third-order valence-corrected chi connectivity index (χ3v) is 4.79. The second-order valence-corrected chi connectivity index (χ2v) is 11.5. The van der Waals surface area contributed by atoms with Crippen LogP contribution in [0.25, 0.3) is 0 Å². The van der Waals surface area contributed by atoms with Crippen molar-refractivity contribution in [1.82, 2.24) is 5.32 Å². The van der Waals surface area contributed by atoms with Crippen LogP contribution in [0.5, 0.6) is 0 Å². The number of hydrogen-bond acceptors (Lipinski definition) is 3. The van der Waals surface area contributed by atoms with Gasteiger partial charge in [0.05, 0.1) is 5.56 Å². The highest BCUT2D eigenvalue weighted by molar-refractivity contribution is 9.10. The van der Waals surface area contributed by atoms with E-state index in [1.807, 2.05) is 41.5 Å². The summed E-state index contributed by atoms with van der Waals surface area (Å²) in [5.41, 5.74) is 6.13. The minimum atomic E-state index is -0.492. The Morgan fingerprint density at radius 2 is 1.19 bits per heavy atom. The molecule has 0 unspecified atom stereocenters. The van der Waals surface area contributed by atoms with E-state index in [0.29, 0.717) is 30.1 Å². The number of hydrogen-bond donors (Lipinski definition) is 2. The van der Waals surface area contributed by atoms with Gasteiger partial charge in [-0.2, -0.15) is 0 Å². The van der Waals surface area contributed by atoms with Crippen LogP contribution in [-0.2, 0) is 0 Å². The van der Waals surface area contributed by atoms with Gasteiger partial charge in [0.2, 0.25) is 0 Å². The van der Waals surface area contributed by atoms with Crippen LogP contribution in [0.15, 0.2) is 45.3 Å². The molecule has 3 N–H and O–H groups in total. The molecule has 0 radical (unpaired) electrons. The third kappa shape index (κ3) is 14.9. The molecule has 31 heavy (non-hydrogen) atoms. The zero-order valence-corrected chi connectivity index (χ0v) is 23.7. The lowest BCUT2D eigenvalue weighted by atomic mass is 10.1. The first-order valence-electron chi connectivity index (χ1n) is 9.12. The maximum Gasteiger partial charge on any atom is 0.253 e. The van der Waals surface area contributed by atoms with Crippen molar-refractivity contribution < 1.29 is 9.59 Å². The zero-order chi connectivity index (χ0) is 24.6. The largest absolute Gasteiger partial charge is 0.347 e. The molecule has 0 aliphatic heterocycles. The molecule has 2 rings (SSSR count). The highest BCUT2D eigenvalue weighted by Gasteiger charge is 2.17. The normalized spacial score (nSPS) is 10.8. The average Bonchev–Trinajstić information content (AvgIpc) is 2.51. The van der Waals surface area contributed by atoms with Gasteiger partial charge in [-0.05, 0) is 121 Å². The number of nitrogens with two attached hydrogens (primary N) is 1. The lowest BCUT2D eigenvalue weighted by Crippen LogP contribution is -2.40. The molecular weight excluding hydrogens is 590 g/mol. The topological polar surface area (TPSA) is 72.2 Å². The molecule has 0 atom stereocenters. The Morgan fingerprint density at radius 3 is 1.48 bits per heavy atom. The van der Waals surface area contributed by atoms with Gasteiger partial charge < -0.3 is 11.1 Å². The molecule has 2 aromatic carbocycles. The van der Waals surface area contributed by atoms with Crippen molar-refractivity contribution in [3.63, 3.8) is 0 Å². The van der Waals surface area contributed by atoms with E-state index in [2.05, 4.69) is 37.2 Å². The summed E-state index contributed by atoms with van der Waals surface area (Å²) in [6, 6.07) is 9.91. The monoisotopic (exact) mass is 614 g/mol. The third-order valence-electron chi connectivity index (χ3n) is 2.81. The average molecular weight is 618 g/mol. The van der Waals surface area contributed by atoms with Gasteiger partial charge in [0, 0.05) is 35.6 Å². The summed E-state index contributed by atoms with van der Waals surface area (Å²) >= 11 is 23.1. The number of halogens is 5. The molecule has 172 valence electrons. The molecule has 2 aromatic rings. The number of carbonyl (C=O) groups is 2. The molecule has 0 bridgehead atoms. The van der Waals surface area contributed by atoms with E-state index in [1.165, 1.54) is 0 Å². The minimum Gasteiger partial charge on any atom is -0.347 e. The fraction of sp³-hybridized carbons (Fsp3) is 0.364. The van der Waals surface area contributed by atoms with Crippen LogP contribution >= 0.6 is 66.7 Å². The van der Waals surface area contributed by atoms with E-state index < -0.39 is 5.24 Å². The van der Waals surface area contributed by atoms with Crippen LogP contribution in [0, 0.1) is 0 Å². The van der Waals surface area contributed by atoms with E-state index in [1.54, 1.807) is 36.4 Å². The molecule has 1 amide bonds. The highest BCUT2D eigenvalue weighted by atomic mass is 79.9. The van der Waals surface area contributed by atoms with Gasteiger partial charge >= 0.3 is 0 Å². The van der Waals surface area contributed by atoms with Crippen molar-refractivity contribution in [3.05, 3.63) is 66.5 Å². The Kier molecular flexibility index (Phi) is 12.9. The first-order valence-corrected chi connectivity index (χ1v) is 11.8. The molecule has 4 nitrogen and oxygen atoms in total. The molecule has 0 heterocycles. The second-order valence-electron chi connectivity index (χ2n) is 8.59. The van der Waals surface area contributed by atoms with Crippen LogP contribution in [0.1, 0.15) is 62.3 Å². The van der Waals surface area contributed by atoms with Gasteiger partial charge in [0.15, 0.2) is 0 Å².